The largest absolute Gasteiger partial charge is 0.478 e. The summed E-state index contributed by atoms with van der Waals surface area (Å²) in [6, 6.07) is 5.50. The molecule has 0 aliphatic rings. The lowest BCUT2D eigenvalue weighted by Gasteiger charge is -2.10. The van der Waals surface area contributed by atoms with Crippen molar-refractivity contribution in [2.75, 3.05) is 4.72 Å². The minimum atomic E-state index is -3.96. The predicted molar refractivity (Wildman–Crippen MR) is 83.3 cm³/mol. The van der Waals surface area contributed by atoms with Crippen LogP contribution in [0.2, 0.25) is 9.36 Å². The van der Waals surface area contributed by atoms with Gasteiger partial charge < -0.3 is 5.11 Å². The molecule has 0 unspecified atom stereocenters. The minimum Gasteiger partial charge on any atom is -0.478 e. The highest BCUT2D eigenvalue weighted by Crippen LogP contribution is 2.33. The number of anilines is 1. The Hall–Kier alpha value is -1.28. The molecule has 1 aromatic carbocycles. The number of carboxylic acid groups (broad SMARTS) is 1. The number of thiophene rings is 1. The second-order valence-electron chi connectivity index (χ2n) is 4.10. The molecule has 2 rings (SSSR count). The van der Waals surface area contributed by atoms with Gasteiger partial charge in [-0.2, -0.15) is 0 Å². The number of aryl methyl sites for hydroxylation is 1. The van der Waals surface area contributed by atoms with Crippen LogP contribution in [0.15, 0.2) is 28.5 Å². The third-order valence-electron chi connectivity index (χ3n) is 2.58. The SMILES string of the molecule is Cc1cc(S(=O)(=O)Nc2c(Cl)cccc2C(=O)O)sc1Cl. The zero-order valence-electron chi connectivity index (χ0n) is 10.6. The third-order valence-corrected chi connectivity index (χ3v) is 6.27. The molecule has 5 nitrogen and oxygen atoms in total. The second-order valence-corrected chi connectivity index (χ2v) is 8.07. The van der Waals surface area contributed by atoms with Gasteiger partial charge in [-0.3, -0.25) is 4.72 Å². The molecular formula is C12H9Cl2NO4S2. The van der Waals surface area contributed by atoms with Crippen LogP contribution in [0, 0.1) is 6.92 Å². The van der Waals surface area contributed by atoms with Gasteiger partial charge in [-0.25, -0.2) is 13.2 Å². The minimum absolute atomic E-state index is 0.00199. The first-order valence-corrected chi connectivity index (χ1v) is 8.58. The topological polar surface area (TPSA) is 83.5 Å². The molecule has 0 atom stereocenters. The summed E-state index contributed by atoms with van der Waals surface area (Å²) in [6.07, 6.45) is 0. The van der Waals surface area contributed by atoms with Crippen molar-refractivity contribution in [3.8, 4) is 0 Å². The van der Waals surface area contributed by atoms with E-state index in [1.807, 2.05) is 0 Å². The molecule has 0 saturated heterocycles. The molecular weight excluding hydrogens is 357 g/mol. The van der Waals surface area contributed by atoms with Crippen molar-refractivity contribution in [3.05, 3.63) is 44.8 Å². The fraction of sp³-hybridized carbons (Fsp3) is 0.0833. The predicted octanol–water partition coefficient (Wildman–Crippen LogP) is 3.86. The van der Waals surface area contributed by atoms with E-state index in [-0.39, 0.29) is 20.5 Å². The fourth-order valence-corrected chi connectivity index (χ4v) is 4.64. The maximum atomic E-state index is 12.3. The number of nitrogens with one attached hydrogen (secondary N) is 1. The number of sulfonamides is 1. The summed E-state index contributed by atoms with van der Waals surface area (Å²) in [5, 5.41) is 9.09. The molecule has 1 heterocycles. The Morgan fingerprint density at radius 2 is 2.00 bits per heavy atom. The van der Waals surface area contributed by atoms with Crippen LogP contribution >= 0.6 is 34.5 Å². The Balaban J connectivity index is 2.49. The lowest BCUT2D eigenvalue weighted by Crippen LogP contribution is -2.15. The Labute approximate surface area is 135 Å². The van der Waals surface area contributed by atoms with Gasteiger partial charge >= 0.3 is 5.97 Å². The van der Waals surface area contributed by atoms with E-state index in [1.54, 1.807) is 6.92 Å². The highest BCUT2D eigenvalue weighted by molar-refractivity contribution is 7.94. The molecule has 21 heavy (non-hydrogen) atoms. The van der Waals surface area contributed by atoms with Crippen LogP contribution in [0.1, 0.15) is 15.9 Å². The molecule has 0 amide bonds. The maximum absolute atomic E-state index is 12.3. The first kappa shape index (κ1) is 16.1. The highest BCUT2D eigenvalue weighted by atomic mass is 35.5. The third kappa shape index (κ3) is 3.32. The van der Waals surface area contributed by atoms with Gasteiger partial charge in [0.15, 0.2) is 0 Å². The Bertz CT molecular complexity index is 795. The summed E-state index contributed by atoms with van der Waals surface area (Å²) in [5.41, 5.74) is 0.221. The van der Waals surface area contributed by atoms with E-state index >= 15 is 0 Å². The van der Waals surface area contributed by atoms with E-state index in [4.69, 9.17) is 28.3 Å². The smallest absolute Gasteiger partial charge is 0.337 e. The van der Waals surface area contributed by atoms with Gasteiger partial charge in [0.2, 0.25) is 0 Å². The molecule has 0 saturated carbocycles. The summed E-state index contributed by atoms with van der Waals surface area (Å²) >= 11 is 12.6. The molecule has 0 aliphatic heterocycles. The van der Waals surface area contributed by atoms with Gasteiger partial charge in [0, 0.05) is 0 Å². The van der Waals surface area contributed by atoms with E-state index in [9.17, 15) is 13.2 Å². The van der Waals surface area contributed by atoms with E-state index in [1.165, 1.54) is 24.3 Å². The van der Waals surface area contributed by atoms with Crippen molar-refractivity contribution >= 4 is 56.2 Å². The van der Waals surface area contributed by atoms with Crippen LogP contribution in [0.3, 0.4) is 0 Å². The average molecular weight is 366 g/mol. The molecule has 0 fully saturated rings. The summed E-state index contributed by atoms with van der Waals surface area (Å²) in [4.78, 5) is 11.1. The van der Waals surface area contributed by atoms with Crippen LogP contribution < -0.4 is 4.72 Å². The van der Waals surface area contributed by atoms with Gasteiger partial charge in [-0.05, 0) is 30.7 Å². The quantitative estimate of drug-likeness (QED) is 0.861. The van der Waals surface area contributed by atoms with Crippen molar-refractivity contribution in [1.29, 1.82) is 0 Å². The molecule has 0 aliphatic carbocycles. The zero-order valence-corrected chi connectivity index (χ0v) is 13.7. The van der Waals surface area contributed by atoms with Crippen LogP contribution in [0.25, 0.3) is 0 Å². The molecule has 2 aromatic rings. The molecule has 0 radical (unpaired) electrons. The van der Waals surface area contributed by atoms with E-state index in [0.29, 0.717) is 9.90 Å². The molecule has 0 spiro atoms. The number of benzene rings is 1. The Morgan fingerprint density at radius 1 is 1.33 bits per heavy atom. The Morgan fingerprint density at radius 3 is 2.52 bits per heavy atom. The monoisotopic (exact) mass is 365 g/mol. The number of carboxylic acids is 1. The van der Waals surface area contributed by atoms with Gasteiger partial charge in [0.1, 0.15) is 4.21 Å². The highest BCUT2D eigenvalue weighted by Gasteiger charge is 2.23. The standard InChI is InChI=1S/C12H9Cl2NO4S2/c1-6-5-9(20-11(6)14)21(18,19)15-10-7(12(16)17)3-2-4-8(10)13/h2-5,15H,1H3,(H,16,17). The van der Waals surface area contributed by atoms with Crippen molar-refractivity contribution in [1.82, 2.24) is 0 Å². The molecule has 2 N–H and O–H groups in total. The zero-order chi connectivity index (χ0) is 15.8. The van der Waals surface area contributed by atoms with E-state index < -0.39 is 16.0 Å². The van der Waals surface area contributed by atoms with Crippen LogP contribution in [0.4, 0.5) is 5.69 Å². The van der Waals surface area contributed by atoms with E-state index in [2.05, 4.69) is 4.72 Å². The van der Waals surface area contributed by atoms with Gasteiger partial charge in [0.05, 0.1) is 20.6 Å². The molecule has 112 valence electrons. The molecule has 1 aromatic heterocycles. The number of carbonyl (C=O) groups is 1. The number of hydrogen-bond donors (Lipinski definition) is 2. The summed E-state index contributed by atoms with van der Waals surface area (Å²) in [6.45, 7) is 1.68. The van der Waals surface area contributed by atoms with Crippen molar-refractivity contribution in [2.45, 2.75) is 11.1 Å². The summed E-state index contributed by atoms with van der Waals surface area (Å²) < 4.78 is 27.1. The van der Waals surface area contributed by atoms with Crippen LogP contribution in [-0.4, -0.2) is 19.5 Å². The molecule has 0 bridgehead atoms. The van der Waals surface area contributed by atoms with E-state index in [0.717, 1.165) is 11.3 Å². The van der Waals surface area contributed by atoms with Crippen LogP contribution in [0.5, 0.6) is 0 Å². The number of rotatable bonds is 4. The van der Waals surface area contributed by atoms with Crippen LogP contribution in [-0.2, 0) is 10.0 Å². The first-order valence-electron chi connectivity index (χ1n) is 5.53. The normalized spacial score (nSPS) is 11.4. The second kappa shape index (κ2) is 5.84. The maximum Gasteiger partial charge on any atom is 0.337 e. The van der Waals surface area contributed by atoms with Crippen molar-refractivity contribution in [2.24, 2.45) is 0 Å². The number of hydrogen-bond acceptors (Lipinski definition) is 4. The van der Waals surface area contributed by atoms with Crippen molar-refractivity contribution in [3.63, 3.8) is 0 Å². The van der Waals surface area contributed by atoms with Gasteiger partial charge in [0.25, 0.3) is 10.0 Å². The Kier molecular flexibility index (Phi) is 4.48. The van der Waals surface area contributed by atoms with Gasteiger partial charge in [-0.15, -0.1) is 11.3 Å². The average Bonchev–Trinajstić information content (AvgIpc) is 2.72. The van der Waals surface area contributed by atoms with Gasteiger partial charge in [-0.1, -0.05) is 29.3 Å². The number of para-hydroxylation sites is 1. The molecule has 9 heteroatoms. The number of aromatic carboxylic acids is 1. The lowest BCUT2D eigenvalue weighted by atomic mass is 10.2. The summed E-state index contributed by atoms with van der Waals surface area (Å²) in [5.74, 6) is -1.28. The summed E-state index contributed by atoms with van der Waals surface area (Å²) in [7, 11) is -3.96. The fourth-order valence-electron chi connectivity index (χ4n) is 1.55. The first-order chi connectivity index (χ1) is 9.72. The number of halogens is 2. The van der Waals surface area contributed by atoms with Crippen molar-refractivity contribution < 1.29 is 18.3 Å². The lowest BCUT2D eigenvalue weighted by molar-refractivity contribution is 0.0698.